The molecule has 1 fully saturated rings. The first-order chi connectivity index (χ1) is 14.2. The van der Waals surface area contributed by atoms with Crippen molar-refractivity contribution in [1.82, 2.24) is 9.80 Å². The van der Waals surface area contributed by atoms with Gasteiger partial charge in [0.25, 0.3) is 15.9 Å². The zero-order valence-corrected chi connectivity index (χ0v) is 18.7. The number of ether oxygens (including phenoxy) is 1. The molecule has 1 atom stereocenters. The van der Waals surface area contributed by atoms with E-state index in [4.69, 9.17) is 4.74 Å². The predicted molar refractivity (Wildman–Crippen MR) is 118 cm³/mol. The molecule has 1 aliphatic heterocycles. The van der Waals surface area contributed by atoms with E-state index in [1.54, 1.807) is 50.4 Å². The Bertz CT molecular complexity index is 1000. The largest absolute Gasteiger partial charge is 0.497 e. The monoisotopic (exact) mass is 431 g/mol. The molecule has 8 heteroatoms. The Labute approximate surface area is 178 Å². The van der Waals surface area contributed by atoms with Gasteiger partial charge >= 0.3 is 0 Å². The van der Waals surface area contributed by atoms with E-state index in [0.717, 1.165) is 12.8 Å². The van der Waals surface area contributed by atoms with Crippen LogP contribution < -0.4 is 9.46 Å². The van der Waals surface area contributed by atoms with E-state index in [9.17, 15) is 13.2 Å². The molecule has 7 nitrogen and oxygen atoms in total. The van der Waals surface area contributed by atoms with Crippen LogP contribution in [0.15, 0.2) is 47.4 Å². The predicted octanol–water partition coefficient (Wildman–Crippen LogP) is 2.97. The van der Waals surface area contributed by atoms with Gasteiger partial charge in [-0.05, 0) is 75.8 Å². The average molecular weight is 432 g/mol. The van der Waals surface area contributed by atoms with Gasteiger partial charge in [0.05, 0.1) is 12.0 Å². The molecule has 1 unspecified atom stereocenters. The molecule has 1 amide bonds. The molecule has 3 rings (SSSR count). The Morgan fingerprint density at radius 3 is 2.50 bits per heavy atom. The molecule has 1 saturated heterocycles. The van der Waals surface area contributed by atoms with Crippen LogP contribution in [-0.2, 0) is 10.0 Å². The molecule has 1 aliphatic rings. The summed E-state index contributed by atoms with van der Waals surface area (Å²) < 4.78 is 33.7. The van der Waals surface area contributed by atoms with Crippen molar-refractivity contribution >= 4 is 21.6 Å². The van der Waals surface area contributed by atoms with Gasteiger partial charge in [0.1, 0.15) is 5.75 Å². The molecular formula is C22H29N3O4S. The second-order valence-electron chi connectivity index (χ2n) is 7.83. The Morgan fingerprint density at radius 2 is 1.87 bits per heavy atom. The van der Waals surface area contributed by atoms with E-state index in [1.165, 1.54) is 6.07 Å². The second-order valence-corrected chi connectivity index (χ2v) is 9.48. The van der Waals surface area contributed by atoms with Gasteiger partial charge < -0.3 is 14.5 Å². The second kappa shape index (κ2) is 9.06. The summed E-state index contributed by atoms with van der Waals surface area (Å²) in [5, 5.41) is 0. The fourth-order valence-corrected chi connectivity index (χ4v) is 4.97. The summed E-state index contributed by atoms with van der Waals surface area (Å²) in [7, 11) is 1.73. The molecule has 1 N–H and O–H groups in total. The summed E-state index contributed by atoms with van der Waals surface area (Å²) in [5.74, 6) is 0.502. The standard InChI is InChI=1S/C22H29N3O4S/c1-16-7-8-17(22(26)25-13-5-6-19(15-25)24(2)3)14-21(16)30(27,28)23-18-9-11-20(29-4)12-10-18/h7-12,14,19,23H,5-6,13,15H2,1-4H3. The number of rotatable bonds is 6. The van der Waals surface area contributed by atoms with Crippen molar-refractivity contribution in [3.63, 3.8) is 0 Å². The van der Waals surface area contributed by atoms with Crippen LogP contribution >= 0.6 is 0 Å². The molecule has 0 saturated carbocycles. The van der Waals surface area contributed by atoms with E-state index in [1.807, 2.05) is 19.0 Å². The number of anilines is 1. The van der Waals surface area contributed by atoms with Crippen LogP contribution in [0, 0.1) is 6.92 Å². The third-order valence-corrected chi connectivity index (χ3v) is 7.00. The van der Waals surface area contributed by atoms with Gasteiger partial charge in [-0.1, -0.05) is 6.07 Å². The maximum atomic E-state index is 13.1. The fraction of sp³-hybridized carbons (Fsp3) is 0.409. The minimum absolute atomic E-state index is 0.102. The van der Waals surface area contributed by atoms with Crippen molar-refractivity contribution in [1.29, 1.82) is 0 Å². The molecule has 0 spiro atoms. The summed E-state index contributed by atoms with van der Waals surface area (Å²) in [6.07, 6.45) is 1.99. The Morgan fingerprint density at radius 1 is 1.17 bits per heavy atom. The normalized spacial score (nSPS) is 17.1. The van der Waals surface area contributed by atoms with Crippen molar-refractivity contribution < 1.29 is 17.9 Å². The number of aryl methyl sites for hydroxylation is 1. The van der Waals surface area contributed by atoms with Gasteiger partial charge in [-0.25, -0.2) is 8.42 Å². The summed E-state index contributed by atoms with van der Waals surface area (Å²) in [5.41, 5.74) is 1.39. The Balaban J connectivity index is 1.84. The molecule has 0 aromatic heterocycles. The average Bonchev–Trinajstić information content (AvgIpc) is 2.73. The SMILES string of the molecule is COc1ccc(NS(=O)(=O)c2cc(C(=O)N3CCCC(N(C)C)C3)ccc2C)cc1. The van der Waals surface area contributed by atoms with Crippen LogP contribution in [0.4, 0.5) is 5.69 Å². The quantitative estimate of drug-likeness (QED) is 0.761. The maximum absolute atomic E-state index is 13.1. The van der Waals surface area contributed by atoms with E-state index in [-0.39, 0.29) is 10.8 Å². The summed E-state index contributed by atoms with van der Waals surface area (Å²) in [6.45, 7) is 3.05. The number of carbonyl (C=O) groups is 1. The fourth-order valence-electron chi connectivity index (χ4n) is 3.64. The van der Waals surface area contributed by atoms with E-state index in [2.05, 4.69) is 9.62 Å². The molecule has 0 radical (unpaired) electrons. The lowest BCUT2D eigenvalue weighted by Crippen LogP contribution is -2.47. The van der Waals surface area contributed by atoms with Gasteiger partial charge in [-0.15, -0.1) is 0 Å². The van der Waals surface area contributed by atoms with Crippen LogP contribution in [0.1, 0.15) is 28.8 Å². The number of likely N-dealkylation sites (N-methyl/N-ethyl adjacent to an activating group) is 1. The first-order valence-corrected chi connectivity index (χ1v) is 11.4. The Hall–Kier alpha value is -2.58. The lowest BCUT2D eigenvalue weighted by Gasteiger charge is -2.36. The van der Waals surface area contributed by atoms with Gasteiger partial charge in [-0.2, -0.15) is 0 Å². The highest BCUT2D eigenvalue weighted by Crippen LogP contribution is 2.24. The van der Waals surface area contributed by atoms with E-state index < -0.39 is 10.0 Å². The zero-order chi connectivity index (χ0) is 21.9. The first kappa shape index (κ1) is 22.1. The molecule has 2 aromatic carbocycles. The molecule has 0 bridgehead atoms. The van der Waals surface area contributed by atoms with Crippen LogP contribution in [0.5, 0.6) is 5.75 Å². The van der Waals surface area contributed by atoms with E-state index >= 15 is 0 Å². The van der Waals surface area contributed by atoms with Crippen LogP contribution in [0.2, 0.25) is 0 Å². The number of hydrogen-bond donors (Lipinski definition) is 1. The van der Waals surface area contributed by atoms with Gasteiger partial charge in [0.15, 0.2) is 0 Å². The number of nitrogens with zero attached hydrogens (tertiary/aromatic N) is 2. The number of hydrogen-bond acceptors (Lipinski definition) is 5. The molecule has 1 heterocycles. The number of likely N-dealkylation sites (tertiary alicyclic amines) is 1. The zero-order valence-electron chi connectivity index (χ0n) is 17.9. The Kier molecular flexibility index (Phi) is 6.67. The topological polar surface area (TPSA) is 78.9 Å². The smallest absolute Gasteiger partial charge is 0.262 e. The minimum atomic E-state index is -3.84. The lowest BCUT2D eigenvalue weighted by molar-refractivity contribution is 0.0635. The van der Waals surface area contributed by atoms with Gasteiger partial charge in [0.2, 0.25) is 0 Å². The summed E-state index contributed by atoms with van der Waals surface area (Å²) in [6, 6.07) is 11.8. The number of carbonyl (C=O) groups excluding carboxylic acids is 1. The number of piperidine rings is 1. The van der Waals surface area contributed by atoms with Crippen LogP contribution in [0.3, 0.4) is 0 Å². The van der Waals surface area contributed by atoms with Crippen LogP contribution in [-0.4, -0.2) is 64.5 Å². The maximum Gasteiger partial charge on any atom is 0.262 e. The number of benzene rings is 2. The molecule has 30 heavy (non-hydrogen) atoms. The van der Waals surface area contributed by atoms with Crippen molar-refractivity contribution in [2.75, 3.05) is 39.0 Å². The van der Waals surface area contributed by atoms with Crippen molar-refractivity contribution in [3.8, 4) is 5.75 Å². The van der Waals surface area contributed by atoms with Crippen molar-refractivity contribution in [3.05, 3.63) is 53.6 Å². The highest BCUT2D eigenvalue weighted by atomic mass is 32.2. The lowest BCUT2D eigenvalue weighted by atomic mass is 10.0. The van der Waals surface area contributed by atoms with Crippen molar-refractivity contribution in [2.24, 2.45) is 0 Å². The number of methoxy groups -OCH3 is 1. The van der Waals surface area contributed by atoms with Gasteiger partial charge in [0, 0.05) is 30.4 Å². The molecule has 0 aliphatic carbocycles. The highest BCUT2D eigenvalue weighted by Gasteiger charge is 2.27. The van der Waals surface area contributed by atoms with Crippen molar-refractivity contribution in [2.45, 2.75) is 30.7 Å². The number of amides is 1. The van der Waals surface area contributed by atoms with Crippen LogP contribution in [0.25, 0.3) is 0 Å². The molecular weight excluding hydrogens is 402 g/mol. The highest BCUT2D eigenvalue weighted by molar-refractivity contribution is 7.92. The summed E-state index contributed by atoms with van der Waals surface area (Å²) >= 11 is 0. The minimum Gasteiger partial charge on any atom is -0.497 e. The molecule has 162 valence electrons. The number of sulfonamides is 1. The van der Waals surface area contributed by atoms with Gasteiger partial charge in [-0.3, -0.25) is 9.52 Å². The summed E-state index contributed by atoms with van der Waals surface area (Å²) in [4.78, 5) is 17.1. The number of nitrogens with one attached hydrogen (secondary N) is 1. The van der Waals surface area contributed by atoms with E-state index in [0.29, 0.717) is 41.7 Å². The molecule has 2 aromatic rings. The third kappa shape index (κ3) is 4.94. The first-order valence-electron chi connectivity index (χ1n) is 9.94. The third-order valence-electron chi connectivity index (χ3n) is 5.48.